The van der Waals surface area contributed by atoms with Crippen LogP contribution in [0.4, 0.5) is 0 Å². The van der Waals surface area contributed by atoms with Gasteiger partial charge in [0.15, 0.2) is 0 Å². The number of carbonyl (C=O) groups is 1. The number of carbonyl (C=O) groups excluding carboxylic acids is 1. The first-order valence-electron chi connectivity index (χ1n) is 11.7. The molecule has 1 amide bonds. The summed E-state index contributed by atoms with van der Waals surface area (Å²) in [4.78, 5) is 15.0. The van der Waals surface area contributed by atoms with Crippen molar-refractivity contribution in [1.82, 2.24) is 19.4 Å². The van der Waals surface area contributed by atoms with Crippen LogP contribution in [0, 0.1) is 13.8 Å². The van der Waals surface area contributed by atoms with Crippen molar-refractivity contribution in [3.63, 3.8) is 0 Å². The zero-order chi connectivity index (χ0) is 25.3. The van der Waals surface area contributed by atoms with Gasteiger partial charge in [-0.25, -0.2) is 8.42 Å². The van der Waals surface area contributed by atoms with Crippen LogP contribution < -0.4 is 0 Å². The minimum atomic E-state index is -3.58. The molecule has 36 heavy (non-hydrogen) atoms. The fourth-order valence-electron chi connectivity index (χ4n) is 4.15. The van der Waals surface area contributed by atoms with Gasteiger partial charge < -0.3 is 9.32 Å². The minimum absolute atomic E-state index is 0.139. The molecule has 4 aromatic rings. The second-order valence-corrected chi connectivity index (χ2v) is 10.8. The molecule has 2 heterocycles. The average molecular weight is 503 g/mol. The number of rotatable bonds is 5. The second-order valence-electron chi connectivity index (χ2n) is 8.87. The molecule has 0 radical (unpaired) electrons. The van der Waals surface area contributed by atoms with Gasteiger partial charge in [0, 0.05) is 42.9 Å². The van der Waals surface area contributed by atoms with Crippen molar-refractivity contribution in [3.05, 3.63) is 89.5 Å². The zero-order valence-electron chi connectivity index (χ0n) is 20.1. The Morgan fingerprint density at radius 2 is 1.36 bits per heavy atom. The normalized spacial score (nSPS) is 14.7. The lowest BCUT2D eigenvalue weighted by Crippen LogP contribution is -2.50. The third-order valence-corrected chi connectivity index (χ3v) is 8.15. The van der Waals surface area contributed by atoms with E-state index in [1.807, 2.05) is 44.2 Å². The van der Waals surface area contributed by atoms with Crippen molar-refractivity contribution < 1.29 is 17.6 Å². The van der Waals surface area contributed by atoms with Crippen LogP contribution in [0.15, 0.2) is 82.1 Å². The maximum atomic E-state index is 13.0. The van der Waals surface area contributed by atoms with E-state index in [-0.39, 0.29) is 23.9 Å². The highest BCUT2D eigenvalue weighted by atomic mass is 32.2. The van der Waals surface area contributed by atoms with E-state index in [4.69, 9.17) is 4.42 Å². The van der Waals surface area contributed by atoms with Gasteiger partial charge in [-0.3, -0.25) is 4.79 Å². The molecular formula is C27H26N4O4S. The standard InChI is InChI=1S/C27H26N4O4S/c1-19-6-8-21(9-7-19)25-28-29-26(35-25)22-10-12-23(13-11-22)27(32)30-14-16-31(17-15-30)36(33,34)24-5-3-4-20(2)18-24/h3-13,18H,14-17H2,1-2H3. The summed E-state index contributed by atoms with van der Waals surface area (Å²) in [5.41, 5.74) is 4.11. The van der Waals surface area contributed by atoms with E-state index in [9.17, 15) is 13.2 Å². The highest BCUT2D eigenvalue weighted by Gasteiger charge is 2.30. The third kappa shape index (κ3) is 4.80. The van der Waals surface area contributed by atoms with Crippen molar-refractivity contribution >= 4 is 15.9 Å². The highest BCUT2D eigenvalue weighted by molar-refractivity contribution is 7.89. The first-order valence-corrected chi connectivity index (χ1v) is 13.1. The van der Waals surface area contributed by atoms with E-state index in [2.05, 4.69) is 10.2 Å². The van der Waals surface area contributed by atoms with Crippen LogP contribution in [0.5, 0.6) is 0 Å². The molecule has 0 spiro atoms. The number of piperazine rings is 1. The van der Waals surface area contributed by atoms with Gasteiger partial charge in [0.2, 0.25) is 21.8 Å². The molecule has 0 atom stereocenters. The lowest BCUT2D eigenvalue weighted by atomic mass is 10.1. The lowest BCUT2D eigenvalue weighted by Gasteiger charge is -2.34. The van der Waals surface area contributed by atoms with E-state index in [1.165, 1.54) is 4.31 Å². The number of hydrogen-bond acceptors (Lipinski definition) is 6. The summed E-state index contributed by atoms with van der Waals surface area (Å²) in [6.07, 6.45) is 0. The predicted octanol–water partition coefficient (Wildman–Crippen LogP) is 4.17. The Morgan fingerprint density at radius 3 is 1.94 bits per heavy atom. The molecule has 1 fully saturated rings. The first kappa shape index (κ1) is 23.9. The second kappa shape index (κ2) is 9.67. The quantitative estimate of drug-likeness (QED) is 0.406. The van der Waals surface area contributed by atoms with Crippen molar-refractivity contribution in [3.8, 4) is 22.9 Å². The summed E-state index contributed by atoms with van der Waals surface area (Å²) in [5, 5.41) is 8.27. The molecular weight excluding hydrogens is 476 g/mol. The first-order chi connectivity index (χ1) is 17.3. The maximum absolute atomic E-state index is 13.0. The third-order valence-electron chi connectivity index (χ3n) is 6.26. The largest absolute Gasteiger partial charge is 0.416 e. The summed E-state index contributed by atoms with van der Waals surface area (Å²) in [7, 11) is -3.58. The van der Waals surface area contributed by atoms with Gasteiger partial charge in [0.05, 0.1) is 4.90 Å². The topological polar surface area (TPSA) is 96.6 Å². The Kier molecular flexibility index (Phi) is 6.42. The molecule has 0 saturated carbocycles. The Bertz CT molecular complexity index is 1490. The summed E-state index contributed by atoms with van der Waals surface area (Å²) in [6, 6.07) is 21.7. The van der Waals surface area contributed by atoms with Crippen LogP contribution in [0.25, 0.3) is 22.9 Å². The number of amides is 1. The molecule has 1 aliphatic rings. The number of hydrogen-bond donors (Lipinski definition) is 0. The highest BCUT2D eigenvalue weighted by Crippen LogP contribution is 2.25. The number of benzene rings is 3. The van der Waals surface area contributed by atoms with Gasteiger partial charge in [0.1, 0.15) is 0 Å². The van der Waals surface area contributed by atoms with Gasteiger partial charge in [-0.15, -0.1) is 10.2 Å². The molecule has 1 aromatic heterocycles. The fourth-order valence-corrected chi connectivity index (χ4v) is 5.67. The van der Waals surface area contributed by atoms with Gasteiger partial charge in [-0.05, 0) is 67.9 Å². The maximum Gasteiger partial charge on any atom is 0.253 e. The molecule has 0 bridgehead atoms. The molecule has 8 nitrogen and oxygen atoms in total. The number of aryl methyl sites for hydroxylation is 2. The summed E-state index contributed by atoms with van der Waals surface area (Å²) >= 11 is 0. The van der Waals surface area contributed by atoms with Crippen LogP contribution in [0.1, 0.15) is 21.5 Å². The molecule has 0 N–H and O–H groups in total. The number of sulfonamides is 1. The molecule has 0 aliphatic carbocycles. The minimum Gasteiger partial charge on any atom is -0.416 e. The van der Waals surface area contributed by atoms with Gasteiger partial charge in [-0.1, -0.05) is 29.8 Å². The van der Waals surface area contributed by atoms with Crippen LogP contribution in [-0.2, 0) is 10.0 Å². The molecule has 1 saturated heterocycles. The molecule has 184 valence electrons. The Balaban J connectivity index is 1.23. The van der Waals surface area contributed by atoms with Crippen LogP contribution in [0.2, 0.25) is 0 Å². The zero-order valence-corrected chi connectivity index (χ0v) is 20.9. The van der Waals surface area contributed by atoms with E-state index in [0.29, 0.717) is 36.0 Å². The molecule has 3 aromatic carbocycles. The van der Waals surface area contributed by atoms with Crippen molar-refractivity contribution in [2.24, 2.45) is 0 Å². The van der Waals surface area contributed by atoms with Gasteiger partial charge in [0.25, 0.3) is 5.91 Å². The Hall–Kier alpha value is -3.82. The van der Waals surface area contributed by atoms with Crippen molar-refractivity contribution in [1.29, 1.82) is 0 Å². The monoisotopic (exact) mass is 502 g/mol. The Labute approximate surface area is 210 Å². The number of aromatic nitrogens is 2. The van der Waals surface area contributed by atoms with E-state index < -0.39 is 10.0 Å². The smallest absolute Gasteiger partial charge is 0.253 e. The molecule has 5 rings (SSSR count). The summed E-state index contributed by atoms with van der Waals surface area (Å²) in [6.45, 7) is 5.04. The van der Waals surface area contributed by atoms with Crippen molar-refractivity contribution in [2.75, 3.05) is 26.2 Å². The van der Waals surface area contributed by atoms with Gasteiger partial charge >= 0.3 is 0 Å². The van der Waals surface area contributed by atoms with E-state index in [1.54, 1.807) is 47.4 Å². The SMILES string of the molecule is Cc1ccc(-c2nnc(-c3ccc(C(=O)N4CCN(S(=O)(=O)c5cccc(C)c5)CC4)cc3)o2)cc1. The van der Waals surface area contributed by atoms with Crippen molar-refractivity contribution in [2.45, 2.75) is 18.7 Å². The predicted molar refractivity (Wildman–Crippen MR) is 136 cm³/mol. The summed E-state index contributed by atoms with van der Waals surface area (Å²) in [5.74, 6) is 0.670. The van der Waals surface area contributed by atoms with Gasteiger partial charge in [-0.2, -0.15) is 4.31 Å². The molecule has 9 heteroatoms. The molecule has 0 unspecified atom stereocenters. The van der Waals surface area contributed by atoms with Crippen LogP contribution >= 0.6 is 0 Å². The number of nitrogens with zero attached hydrogens (tertiary/aromatic N) is 4. The Morgan fingerprint density at radius 1 is 0.778 bits per heavy atom. The summed E-state index contributed by atoms with van der Waals surface area (Å²) < 4.78 is 33.2. The van der Waals surface area contributed by atoms with Crippen LogP contribution in [-0.4, -0.2) is 59.9 Å². The van der Waals surface area contributed by atoms with E-state index >= 15 is 0 Å². The lowest BCUT2D eigenvalue weighted by molar-refractivity contribution is 0.0698. The fraction of sp³-hybridized carbons (Fsp3) is 0.222. The average Bonchev–Trinajstić information content (AvgIpc) is 3.39. The van der Waals surface area contributed by atoms with Crippen LogP contribution in [0.3, 0.4) is 0 Å². The van der Waals surface area contributed by atoms with E-state index in [0.717, 1.165) is 16.7 Å². The molecule has 1 aliphatic heterocycles.